The number of hydrogen-bond acceptors (Lipinski definition) is 5. The molecule has 0 bridgehead atoms. The highest BCUT2D eigenvalue weighted by Crippen LogP contribution is 2.30. The predicted octanol–water partition coefficient (Wildman–Crippen LogP) is 4.01. The first-order valence-electron chi connectivity index (χ1n) is 7.92. The van der Waals surface area contributed by atoms with Gasteiger partial charge in [0.1, 0.15) is 0 Å². The van der Waals surface area contributed by atoms with Crippen LogP contribution < -0.4 is 10.4 Å². The average molecular weight is 369 g/mol. The van der Waals surface area contributed by atoms with Gasteiger partial charge in [0.25, 0.3) is 5.69 Å². The standard InChI is InChI=1S/C19H16ClN3O3/c20-15-10-14(19(24)18(11-15)23(25)26)12-21-8-9-22-17-7-3-5-13-4-1-2-6-16(13)17/h1-7,10-12,22,24H,8-9H2/p-1. The molecule has 7 heteroatoms. The number of hydrogen-bond donors (Lipinski definition) is 1. The number of anilines is 1. The van der Waals surface area contributed by atoms with Crippen molar-refractivity contribution < 1.29 is 10.0 Å². The highest BCUT2D eigenvalue weighted by atomic mass is 35.5. The third-order valence-electron chi connectivity index (χ3n) is 3.84. The molecular weight excluding hydrogens is 354 g/mol. The van der Waals surface area contributed by atoms with Crippen LogP contribution in [0.1, 0.15) is 5.56 Å². The normalized spacial score (nSPS) is 11.1. The van der Waals surface area contributed by atoms with E-state index in [4.69, 9.17) is 11.6 Å². The van der Waals surface area contributed by atoms with Crippen LogP contribution in [-0.2, 0) is 0 Å². The van der Waals surface area contributed by atoms with Gasteiger partial charge in [-0.15, -0.1) is 0 Å². The molecule has 0 aliphatic rings. The van der Waals surface area contributed by atoms with Gasteiger partial charge in [-0.25, -0.2) is 0 Å². The van der Waals surface area contributed by atoms with Crippen molar-refractivity contribution in [1.82, 2.24) is 0 Å². The highest BCUT2D eigenvalue weighted by Gasteiger charge is 2.11. The summed E-state index contributed by atoms with van der Waals surface area (Å²) in [7, 11) is 0. The third kappa shape index (κ3) is 3.92. The molecule has 0 fully saturated rings. The predicted molar refractivity (Wildman–Crippen MR) is 102 cm³/mol. The molecule has 0 aromatic heterocycles. The fourth-order valence-corrected chi connectivity index (χ4v) is 2.85. The topological polar surface area (TPSA) is 90.6 Å². The zero-order chi connectivity index (χ0) is 18.5. The minimum atomic E-state index is -0.742. The maximum atomic E-state index is 12.0. The van der Waals surface area contributed by atoms with E-state index in [1.165, 1.54) is 12.3 Å². The number of fused-ring (bicyclic) bond motifs is 1. The third-order valence-corrected chi connectivity index (χ3v) is 4.05. The molecule has 3 rings (SSSR count). The van der Waals surface area contributed by atoms with Crippen LogP contribution in [-0.4, -0.2) is 24.2 Å². The first kappa shape index (κ1) is 17.7. The van der Waals surface area contributed by atoms with E-state index in [1.54, 1.807) is 0 Å². The first-order valence-corrected chi connectivity index (χ1v) is 8.30. The summed E-state index contributed by atoms with van der Waals surface area (Å²) < 4.78 is 0. The van der Waals surface area contributed by atoms with E-state index in [9.17, 15) is 15.2 Å². The maximum absolute atomic E-state index is 12.0. The summed E-state index contributed by atoms with van der Waals surface area (Å²) in [6, 6.07) is 16.5. The number of nitrogens with zero attached hydrogens (tertiary/aromatic N) is 2. The molecule has 0 aliphatic heterocycles. The molecule has 0 heterocycles. The van der Waals surface area contributed by atoms with E-state index in [0.29, 0.717) is 13.1 Å². The number of nitrogens with one attached hydrogen (secondary N) is 1. The second-order valence-electron chi connectivity index (χ2n) is 5.59. The van der Waals surface area contributed by atoms with Gasteiger partial charge in [-0.1, -0.05) is 48.0 Å². The van der Waals surface area contributed by atoms with Crippen LogP contribution in [0.4, 0.5) is 11.4 Å². The highest BCUT2D eigenvalue weighted by molar-refractivity contribution is 6.31. The zero-order valence-electron chi connectivity index (χ0n) is 13.7. The van der Waals surface area contributed by atoms with Crippen LogP contribution >= 0.6 is 11.6 Å². The van der Waals surface area contributed by atoms with Crippen LogP contribution in [0.2, 0.25) is 5.02 Å². The molecular formula is C19H15ClN3O3-. The lowest BCUT2D eigenvalue weighted by Crippen LogP contribution is -2.06. The number of benzene rings is 3. The SMILES string of the molecule is O=[N+]([O-])c1cc(Cl)cc(C=NCCNc2cccc3ccccc23)c1[O-]. The van der Waals surface area contributed by atoms with Crippen LogP contribution in [0.15, 0.2) is 59.6 Å². The van der Waals surface area contributed by atoms with Gasteiger partial charge in [-0.3, -0.25) is 15.1 Å². The van der Waals surface area contributed by atoms with Gasteiger partial charge >= 0.3 is 0 Å². The smallest absolute Gasteiger partial charge is 0.263 e. The van der Waals surface area contributed by atoms with E-state index in [1.807, 2.05) is 42.5 Å². The molecule has 0 aliphatic carbocycles. The van der Waals surface area contributed by atoms with Gasteiger partial charge in [-0.05, 0) is 28.8 Å². The zero-order valence-corrected chi connectivity index (χ0v) is 14.4. The number of aliphatic imine (C=N–C) groups is 1. The van der Waals surface area contributed by atoms with Gasteiger partial charge in [0.2, 0.25) is 0 Å². The molecule has 0 amide bonds. The Kier molecular flexibility index (Phi) is 5.34. The summed E-state index contributed by atoms with van der Waals surface area (Å²) in [6.45, 7) is 0.963. The van der Waals surface area contributed by atoms with Gasteiger partial charge < -0.3 is 10.4 Å². The summed E-state index contributed by atoms with van der Waals surface area (Å²) in [5, 5.41) is 28.5. The molecule has 0 radical (unpaired) electrons. The molecule has 0 spiro atoms. The molecule has 0 saturated heterocycles. The summed E-state index contributed by atoms with van der Waals surface area (Å²) in [6.07, 6.45) is 1.33. The van der Waals surface area contributed by atoms with Crippen molar-refractivity contribution in [3.63, 3.8) is 0 Å². The largest absolute Gasteiger partial charge is 0.867 e. The molecule has 132 valence electrons. The molecule has 0 atom stereocenters. The Morgan fingerprint density at radius 2 is 1.92 bits per heavy atom. The van der Waals surface area contributed by atoms with Crippen molar-refractivity contribution in [3.05, 3.63) is 75.3 Å². The molecule has 3 aromatic rings. The van der Waals surface area contributed by atoms with Crippen molar-refractivity contribution in [2.24, 2.45) is 4.99 Å². The molecule has 0 unspecified atom stereocenters. The molecule has 0 saturated carbocycles. The van der Waals surface area contributed by atoms with E-state index in [0.717, 1.165) is 22.5 Å². The monoisotopic (exact) mass is 368 g/mol. The summed E-state index contributed by atoms with van der Waals surface area (Å²) in [4.78, 5) is 14.3. The average Bonchev–Trinajstić information content (AvgIpc) is 2.63. The van der Waals surface area contributed by atoms with Crippen molar-refractivity contribution in [2.75, 3.05) is 18.4 Å². The van der Waals surface area contributed by atoms with E-state index < -0.39 is 16.4 Å². The Morgan fingerprint density at radius 1 is 1.15 bits per heavy atom. The molecule has 26 heavy (non-hydrogen) atoms. The van der Waals surface area contributed by atoms with Crippen LogP contribution in [0.25, 0.3) is 10.8 Å². The van der Waals surface area contributed by atoms with Gasteiger partial charge in [0.15, 0.2) is 0 Å². The van der Waals surface area contributed by atoms with Crippen molar-refractivity contribution in [2.45, 2.75) is 0 Å². The summed E-state index contributed by atoms with van der Waals surface area (Å²) in [5.41, 5.74) is 0.559. The van der Waals surface area contributed by atoms with E-state index in [2.05, 4.69) is 10.3 Å². The second kappa shape index (κ2) is 7.84. The van der Waals surface area contributed by atoms with E-state index >= 15 is 0 Å². The van der Waals surface area contributed by atoms with Gasteiger partial charge in [-0.2, -0.15) is 0 Å². The number of nitro groups is 1. The minimum absolute atomic E-state index is 0.106. The fraction of sp³-hybridized carbons (Fsp3) is 0.105. The Morgan fingerprint density at radius 3 is 2.73 bits per heavy atom. The van der Waals surface area contributed by atoms with E-state index in [-0.39, 0.29) is 10.6 Å². The lowest BCUT2D eigenvalue weighted by molar-refractivity contribution is -0.398. The van der Waals surface area contributed by atoms with Crippen LogP contribution in [0, 0.1) is 10.1 Å². The summed E-state index contributed by atoms with van der Waals surface area (Å²) in [5.74, 6) is -0.690. The molecule has 1 N–H and O–H groups in total. The molecule has 6 nitrogen and oxygen atoms in total. The van der Waals surface area contributed by atoms with Crippen LogP contribution in [0.3, 0.4) is 0 Å². The van der Waals surface area contributed by atoms with Crippen LogP contribution in [0.5, 0.6) is 5.75 Å². The summed E-state index contributed by atoms with van der Waals surface area (Å²) >= 11 is 5.82. The lowest BCUT2D eigenvalue weighted by Gasteiger charge is -2.11. The number of rotatable bonds is 6. The van der Waals surface area contributed by atoms with Crippen molar-refractivity contribution >= 4 is 40.0 Å². The number of nitro benzene ring substituents is 1. The lowest BCUT2D eigenvalue weighted by atomic mass is 10.1. The minimum Gasteiger partial charge on any atom is -0.867 e. The maximum Gasteiger partial charge on any atom is 0.263 e. The quantitative estimate of drug-likeness (QED) is 0.308. The number of halogens is 1. The van der Waals surface area contributed by atoms with Gasteiger partial charge in [0, 0.05) is 34.9 Å². The first-order chi connectivity index (χ1) is 12.6. The molecule has 3 aromatic carbocycles. The van der Waals surface area contributed by atoms with Crippen molar-refractivity contribution in [3.8, 4) is 5.75 Å². The Balaban J connectivity index is 1.66. The second-order valence-corrected chi connectivity index (χ2v) is 6.03. The van der Waals surface area contributed by atoms with Gasteiger partial charge in [0.05, 0.1) is 11.5 Å². The fourth-order valence-electron chi connectivity index (χ4n) is 2.63. The Hall–Kier alpha value is -3.12. The Bertz CT molecular complexity index is 984. The van der Waals surface area contributed by atoms with Crippen molar-refractivity contribution in [1.29, 1.82) is 0 Å². The Labute approximate surface area is 154 Å².